The highest BCUT2D eigenvalue weighted by atomic mass is 32.1. The van der Waals surface area contributed by atoms with Crippen molar-refractivity contribution < 1.29 is 9.90 Å². The largest absolute Gasteiger partial charge is 0.396 e. The molecule has 0 aliphatic heterocycles. The van der Waals surface area contributed by atoms with Crippen LogP contribution >= 0.6 is 11.3 Å². The highest BCUT2D eigenvalue weighted by Crippen LogP contribution is 2.10. The lowest BCUT2D eigenvalue weighted by Gasteiger charge is -2.15. The van der Waals surface area contributed by atoms with E-state index >= 15 is 0 Å². The van der Waals surface area contributed by atoms with Crippen molar-refractivity contribution in [2.75, 3.05) is 26.7 Å². The molecule has 0 saturated carbocycles. The monoisotopic (exact) mass is 270 g/mol. The molecule has 0 atom stereocenters. The maximum Gasteiger partial charge on any atom is 0.234 e. The predicted molar refractivity (Wildman–Crippen MR) is 74.6 cm³/mol. The van der Waals surface area contributed by atoms with Gasteiger partial charge < -0.3 is 10.4 Å². The van der Waals surface area contributed by atoms with E-state index in [2.05, 4.69) is 11.4 Å². The summed E-state index contributed by atoms with van der Waals surface area (Å²) >= 11 is 1.71. The standard InChI is InChI=1S/C13H22N2O2S/c1-15(10-12-6-5-9-18-12)11-13(17)14-7-3-2-4-8-16/h5-6,9,16H,2-4,7-8,10-11H2,1H3,(H,14,17). The molecule has 5 heteroatoms. The molecule has 1 heterocycles. The zero-order valence-corrected chi connectivity index (χ0v) is 11.7. The maximum atomic E-state index is 11.6. The average molecular weight is 270 g/mol. The molecule has 0 aliphatic rings. The number of hydrogen-bond donors (Lipinski definition) is 2. The second kappa shape index (κ2) is 9.08. The number of rotatable bonds is 9. The zero-order valence-electron chi connectivity index (χ0n) is 10.9. The van der Waals surface area contributed by atoms with Gasteiger partial charge in [0.25, 0.3) is 0 Å². The molecular formula is C13H22N2O2S. The summed E-state index contributed by atoms with van der Waals surface area (Å²) in [7, 11) is 1.95. The highest BCUT2D eigenvalue weighted by molar-refractivity contribution is 7.09. The van der Waals surface area contributed by atoms with Gasteiger partial charge in [0.05, 0.1) is 6.54 Å². The first kappa shape index (κ1) is 15.1. The van der Waals surface area contributed by atoms with Gasteiger partial charge in [-0.25, -0.2) is 0 Å². The summed E-state index contributed by atoms with van der Waals surface area (Å²) in [5.74, 6) is 0.0676. The van der Waals surface area contributed by atoms with Gasteiger partial charge in [-0.15, -0.1) is 11.3 Å². The third-order valence-corrected chi connectivity index (χ3v) is 3.44. The van der Waals surface area contributed by atoms with Crippen molar-refractivity contribution in [3.05, 3.63) is 22.4 Å². The number of nitrogens with one attached hydrogen (secondary N) is 1. The van der Waals surface area contributed by atoms with Crippen molar-refractivity contribution in [3.8, 4) is 0 Å². The first-order valence-corrected chi connectivity index (χ1v) is 7.19. The summed E-state index contributed by atoms with van der Waals surface area (Å²) in [6, 6.07) is 4.10. The Balaban J connectivity index is 2.08. The summed E-state index contributed by atoms with van der Waals surface area (Å²) < 4.78 is 0. The van der Waals surface area contributed by atoms with Gasteiger partial charge in [-0.2, -0.15) is 0 Å². The Hall–Kier alpha value is -0.910. The van der Waals surface area contributed by atoms with Crippen LogP contribution in [-0.2, 0) is 11.3 Å². The molecule has 0 unspecified atom stereocenters. The van der Waals surface area contributed by atoms with E-state index in [1.54, 1.807) is 11.3 Å². The number of likely N-dealkylation sites (N-methyl/N-ethyl adjacent to an activating group) is 1. The average Bonchev–Trinajstić information content (AvgIpc) is 2.81. The number of amides is 1. The lowest BCUT2D eigenvalue weighted by Crippen LogP contribution is -2.35. The van der Waals surface area contributed by atoms with Crippen LogP contribution in [0.5, 0.6) is 0 Å². The van der Waals surface area contributed by atoms with Crippen molar-refractivity contribution in [1.82, 2.24) is 10.2 Å². The summed E-state index contributed by atoms with van der Waals surface area (Å²) in [5, 5.41) is 13.6. The van der Waals surface area contributed by atoms with Crippen molar-refractivity contribution in [2.24, 2.45) is 0 Å². The zero-order chi connectivity index (χ0) is 13.2. The van der Waals surface area contributed by atoms with Crippen molar-refractivity contribution in [3.63, 3.8) is 0 Å². The van der Waals surface area contributed by atoms with Gasteiger partial charge in [0, 0.05) is 24.6 Å². The first-order valence-electron chi connectivity index (χ1n) is 6.31. The smallest absolute Gasteiger partial charge is 0.234 e. The van der Waals surface area contributed by atoms with E-state index in [1.807, 2.05) is 23.4 Å². The Morgan fingerprint density at radius 3 is 2.94 bits per heavy atom. The van der Waals surface area contributed by atoms with E-state index in [-0.39, 0.29) is 12.5 Å². The number of unbranched alkanes of at least 4 members (excludes halogenated alkanes) is 2. The quantitative estimate of drug-likeness (QED) is 0.668. The van der Waals surface area contributed by atoms with E-state index in [0.29, 0.717) is 13.1 Å². The second-order valence-electron chi connectivity index (χ2n) is 4.39. The molecular weight excluding hydrogens is 248 g/mol. The van der Waals surface area contributed by atoms with Crippen LogP contribution in [0.4, 0.5) is 0 Å². The third-order valence-electron chi connectivity index (χ3n) is 2.58. The minimum Gasteiger partial charge on any atom is -0.396 e. The van der Waals surface area contributed by atoms with E-state index in [1.165, 1.54) is 4.88 Å². The molecule has 1 rings (SSSR count). The van der Waals surface area contributed by atoms with Crippen LogP contribution < -0.4 is 5.32 Å². The van der Waals surface area contributed by atoms with Gasteiger partial charge in [-0.05, 0) is 37.8 Å². The van der Waals surface area contributed by atoms with E-state index in [9.17, 15) is 4.79 Å². The number of aliphatic hydroxyl groups is 1. The number of aliphatic hydroxyl groups excluding tert-OH is 1. The van der Waals surface area contributed by atoms with Gasteiger partial charge in [0.2, 0.25) is 5.91 Å². The molecule has 18 heavy (non-hydrogen) atoms. The molecule has 4 nitrogen and oxygen atoms in total. The number of hydrogen-bond acceptors (Lipinski definition) is 4. The molecule has 0 fully saturated rings. The molecule has 1 aromatic heterocycles. The third kappa shape index (κ3) is 6.74. The Morgan fingerprint density at radius 1 is 1.44 bits per heavy atom. The fourth-order valence-electron chi connectivity index (χ4n) is 1.67. The maximum absolute atomic E-state index is 11.6. The van der Waals surface area contributed by atoms with Crippen LogP contribution in [0.1, 0.15) is 24.1 Å². The summed E-state index contributed by atoms with van der Waals surface area (Å²) in [6.07, 6.45) is 2.71. The molecule has 1 aromatic rings. The molecule has 2 N–H and O–H groups in total. The predicted octanol–water partition coefficient (Wildman–Crippen LogP) is 1.46. The minimum atomic E-state index is 0.0676. The van der Waals surface area contributed by atoms with Crippen molar-refractivity contribution in [1.29, 1.82) is 0 Å². The molecule has 1 amide bonds. The molecule has 0 aliphatic carbocycles. The van der Waals surface area contributed by atoms with Gasteiger partial charge >= 0.3 is 0 Å². The molecule has 0 aromatic carbocycles. The van der Waals surface area contributed by atoms with Gasteiger partial charge in [-0.1, -0.05) is 6.07 Å². The van der Waals surface area contributed by atoms with Crippen LogP contribution in [0.3, 0.4) is 0 Å². The van der Waals surface area contributed by atoms with E-state index in [0.717, 1.165) is 25.8 Å². The lowest BCUT2D eigenvalue weighted by atomic mass is 10.2. The number of thiophene rings is 1. The fourth-order valence-corrected chi connectivity index (χ4v) is 2.45. The minimum absolute atomic E-state index is 0.0676. The van der Waals surface area contributed by atoms with Gasteiger partial charge in [0.1, 0.15) is 0 Å². The Kier molecular flexibility index (Phi) is 7.64. The Morgan fingerprint density at radius 2 is 2.28 bits per heavy atom. The molecule has 0 radical (unpaired) electrons. The van der Waals surface area contributed by atoms with Crippen LogP contribution in [0.2, 0.25) is 0 Å². The second-order valence-corrected chi connectivity index (χ2v) is 5.42. The SMILES string of the molecule is CN(CC(=O)NCCCCCO)Cc1cccs1. The number of carbonyl (C=O) groups is 1. The molecule has 0 spiro atoms. The summed E-state index contributed by atoms with van der Waals surface area (Å²) in [4.78, 5) is 14.9. The Labute approximate surface area is 113 Å². The highest BCUT2D eigenvalue weighted by Gasteiger charge is 2.06. The summed E-state index contributed by atoms with van der Waals surface area (Å²) in [6.45, 7) is 2.18. The molecule has 0 saturated heterocycles. The number of nitrogens with zero attached hydrogens (tertiary/aromatic N) is 1. The van der Waals surface area contributed by atoms with Crippen LogP contribution in [0.25, 0.3) is 0 Å². The number of carbonyl (C=O) groups excluding carboxylic acids is 1. The van der Waals surface area contributed by atoms with Gasteiger partial charge in [-0.3, -0.25) is 9.69 Å². The molecule has 0 bridgehead atoms. The normalized spacial score (nSPS) is 10.8. The fraction of sp³-hybridized carbons (Fsp3) is 0.615. The first-order chi connectivity index (χ1) is 8.72. The summed E-state index contributed by atoms with van der Waals surface area (Å²) in [5.41, 5.74) is 0. The topological polar surface area (TPSA) is 52.6 Å². The van der Waals surface area contributed by atoms with Crippen LogP contribution in [0, 0.1) is 0 Å². The van der Waals surface area contributed by atoms with Crippen LogP contribution in [0.15, 0.2) is 17.5 Å². The molecule has 102 valence electrons. The van der Waals surface area contributed by atoms with E-state index < -0.39 is 0 Å². The van der Waals surface area contributed by atoms with Gasteiger partial charge in [0.15, 0.2) is 0 Å². The van der Waals surface area contributed by atoms with E-state index in [4.69, 9.17) is 5.11 Å². The van der Waals surface area contributed by atoms with Crippen molar-refractivity contribution >= 4 is 17.2 Å². The van der Waals surface area contributed by atoms with Crippen molar-refractivity contribution in [2.45, 2.75) is 25.8 Å². The lowest BCUT2D eigenvalue weighted by molar-refractivity contribution is -0.122. The Bertz CT molecular complexity index is 328. The van der Waals surface area contributed by atoms with Crippen LogP contribution in [-0.4, -0.2) is 42.7 Å².